The van der Waals surface area contributed by atoms with Crippen LogP contribution in [0.5, 0.6) is 0 Å². The zero-order valence-electron chi connectivity index (χ0n) is 10.1. The van der Waals surface area contributed by atoms with E-state index in [9.17, 15) is 18.8 Å². The molecule has 0 aliphatic carbocycles. The second kappa shape index (κ2) is 4.60. The number of rotatable bonds is 1. The van der Waals surface area contributed by atoms with Crippen LogP contribution in [0.4, 0.5) is 10.1 Å². The standard InChI is InChI=1S/C12H9FN2O4/c1-6(16)15-10-4-3-8(13)5-9(10)11(12(15)18)14-19-7(2)17/h3-5H,1-2H3. The Morgan fingerprint density at radius 1 is 1.32 bits per heavy atom. The van der Waals surface area contributed by atoms with Gasteiger partial charge in [-0.25, -0.2) is 14.1 Å². The van der Waals surface area contributed by atoms with Crippen LogP contribution in [0.2, 0.25) is 0 Å². The SMILES string of the molecule is CC(=O)ON=C1C(=O)N(C(C)=O)c2ccc(F)cc21. The number of fused-ring (bicyclic) bond motifs is 1. The molecule has 2 amide bonds. The van der Waals surface area contributed by atoms with Gasteiger partial charge in [0.05, 0.1) is 5.69 Å². The van der Waals surface area contributed by atoms with Gasteiger partial charge in [0.25, 0.3) is 5.91 Å². The summed E-state index contributed by atoms with van der Waals surface area (Å²) in [6.07, 6.45) is 0. The third-order valence-corrected chi connectivity index (χ3v) is 2.44. The first-order valence-corrected chi connectivity index (χ1v) is 5.32. The molecule has 0 bridgehead atoms. The van der Waals surface area contributed by atoms with Crippen molar-refractivity contribution in [3.05, 3.63) is 29.6 Å². The van der Waals surface area contributed by atoms with E-state index in [1.165, 1.54) is 13.0 Å². The molecule has 1 aliphatic rings. The summed E-state index contributed by atoms with van der Waals surface area (Å²) in [7, 11) is 0. The van der Waals surface area contributed by atoms with E-state index in [1.807, 2.05) is 0 Å². The Balaban J connectivity index is 2.57. The van der Waals surface area contributed by atoms with Gasteiger partial charge < -0.3 is 4.84 Å². The van der Waals surface area contributed by atoms with Gasteiger partial charge in [0, 0.05) is 19.4 Å². The largest absolute Gasteiger partial charge is 0.332 e. The van der Waals surface area contributed by atoms with Crippen molar-refractivity contribution in [2.75, 3.05) is 4.90 Å². The van der Waals surface area contributed by atoms with Crippen LogP contribution in [-0.2, 0) is 19.2 Å². The molecule has 0 N–H and O–H groups in total. The Morgan fingerprint density at radius 3 is 2.58 bits per heavy atom. The number of benzene rings is 1. The molecule has 98 valence electrons. The lowest BCUT2D eigenvalue weighted by Crippen LogP contribution is -2.34. The quantitative estimate of drug-likeness (QED) is 0.559. The van der Waals surface area contributed by atoms with Gasteiger partial charge in [0.15, 0.2) is 5.71 Å². The minimum atomic E-state index is -0.755. The number of hydrogen-bond donors (Lipinski definition) is 0. The molecule has 6 nitrogen and oxygen atoms in total. The summed E-state index contributed by atoms with van der Waals surface area (Å²) in [6, 6.07) is 3.47. The van der Waals surface area contributed by atoms with Crippen LogP contribution in [0.25, 0.3) is 0 Å². The first kappa shape index (κ1) is 12.9. The van der Waals surface area contributed by atoms with E-state index < -0.39 is 23.6 Å². The number of carbonyl (C=O) groups is 3. The van der Waals surface area contributed by atoms with Gasteiger partial charge in [-0.3, -0.25) is 9.59 Å². The summed E-state index contributed by atoms with van der Waals surface area (Å²) in [5, 5.41) is 3.38. The molecule has 1 aromatic carbocycles. The van der Waals surface area contributed by atoms with Gasteiger partial charge in [-0.15, -0.1) is 0 Å². The van der Waals surface area contributed by atoms with Crippen molar-refractivity contribution >= 4 is 29.2 Å². The second-order valence-corrected chi connectivity index (χ2v) is 3.84. The number of carbonyl (C=O) groups excluding carboxylic acids is 3. The topological polar surface area (TPSA) is 76.0 Å². The number of anilines is 1. The van der Waals surface area contributed by atoms with Crippen LogP contribution >= 0.6 is 0 Å². The van der Waals surface area contributed by atoms with Gasteiger partial charge in [0.2, 0.25) is 5.91 Å². The Kier molecular flexibility index (Phi) is 3.12. The van der Waals surface area contributed by atoms with Crippen LogP contribution in [0, 0.1) is 5.82 Å². The van der Waals surface area contributed by atoms with E-state index in [1.54, 1.807) is 0 Å². The highest BCUT2D eigenvalue weighted by Crippen LogP contribution is 2.30. The van der Waals surface area contributed by atoms with Gasteiger partial charge >= 0.3 is 5.97 Å². The summed E-state index contributed by atoms with van der Waals surface area (Å²) >= 11 is 0. The predicted octanol–water partition coefficient (Wildman–Crippen LogP) is 0.986. The molecular formula is C12H9FN2O4. The molecule has 0 saturated carbocycles. The summed E-state index contributed by atoms with van der Waals surface area (Å²) < 4.78 is 13.2. The minimum Gasteiger partial charge on any atom is -0.318 e. The number of oxime groups is 1. The van der Waals surface area contributed by atoms with Crippen LogP contribution in [-0.4, -0.2) is 23.5 Å². The fourth-order valence-electron chi connectivity index (χ4n) is 1.73. The van der Waals surface area contributed by atoms with E-state index in [2.05, 4.69) is 9.99 Å². The van der Waals surface area contributed by atoms with Crippen LogP contribution in [0.15, 0.2) is 23.4 Å². The average molecular weight is 264 g/mol. The molecule has 1 aliphatic heterocycles. The Morgan fingerprint density at radius 2 is 2.00 bits per heavy atom. The zero-order chi connectivity index (χ0) is 14.2. The lowest BCUT2D eigenvalue weighted by atomic mass is 10.1. The van der Waals surface area contributed by atoms with Crippen LogP contribution < -0.4 is 4.90 Å². The number of hydrogen-bond acceptors (Lipinski definition) is 5. The van der Waals surface area contributed by atoms with Crippen molar-refractivity contribution in [3.63, 3.8) is 0 Å². The second-order valence-electron chi connectivity index (χ2n) is 3.84. The zero-order valence-corrected chi connectivity index (χ0v) is 10.1. The highest BCUT2D eigenvalue weighted by atomic mass is 19.1. The van der Waals surface area contributed by atoms with Gasteiger partial charge in [0.1, 0.15) is 5.82 Å². The van der Waals surface area contributed by atoms with Crippen molar-refractivity contribution in [2.45, 2.75) is 13.8 Å². The molecule has 7 heteroatoms. The van der Waals surface area contributed by atoms with E-state index in [0.29, 0.717) is 0 Å². The number of halogens is 1. The molecule has 19 heavy (non-hydrogen) atoms. The molecule has 2 rings (SSSR count). The normalized spacial score (nSPS) is 15.6. The number of imide groups is 1. The van der Waals surface area contributed by atoms with Crippen molar-refractivity contribution in [1.82, 2.24) is 0 Å². The predicted molar refractivity (Wildman–Crippen MR) is 62.9 cm³/mol. The molecule has 0 radical (unpaired) electrons. The molecule has 0 unspecified atom stereocenters. The minimum absolute atomic E-state index is 0.112. The smallest absolute Gasteiger partial charge is 0.318 e. The van der Waals surface area contributed by atoms with Crippen LogP contribution in [0.3, 0.4) is 0 Å². The maximum atomic E-state index is 13.2. The van der Waals surface area contributed by atoms with E-state index in [0.717, 1.165) is 24.0 Å². The van der Waals surface area contributed by atoms with Gasteiger partial charge in [-0.2, -0.15) is 0 Å². The monoisotopic (exact) mass is 264 g/mol. The first-order chi connectivity index (χ1) is 8.91. The Bertz CT molecular complexity index is 624. The summed E-state index contributed by atoms with van der Waals surface area (Å²) in [6.45, 7) is 2.30. The Labute approximate surface area is 107 Å². The molecule has 1 heterocycles. The van der Waals surface area contributed by atoms with Crippen molar-refractivity contribution in [1.29, 1.82) is 0 Å². The van der Waals surface area contributed by atoms with E-state index in [4.69, 9.17) is 0 Å². The first-order valence-electron chi connectivity index (χ1n) is 5.32. The van der Waals surface area contributed by atoms with Crippen molar-refractivity contribution < 1.29 is 23.6 Å². The summed E-state index contributed by atoms with van der Waals surface area (Å²) in [5.74, 6) is -2.60. The third-order valence-electron chi connectivity index (χ3n) is 2.44. The lowest BCUT2D eigenvalue weighted by molar-refractivity contribution is -0.140. The number of amides is 2. The molecular weight excluding hydrogens is 255 g/mol. The highest BCUT2D eigenvalue weighted by Gasteiger charge is 2.37. The van der Waals surface area contributed by atoms with Gasteiger partial charge in [-0.05, 0) is 18.2 Å². The van der Waals surface area contributed by atoms with Crippen molar-refractivity contribution in [3.8, 4) is 0 Å². The molecule has 0 fully saturated rings. The summed E-state index contributed by atoms with van der Waals surface area (Å²) in [4.78, 5) is 39.4. The maximum absolute atomic E-state index is 13.2. The van der Waals surface area contributed by atoms with E-state index >= 15 is 0 Å². The van der Waals surface area contributed by atoms with Crippen molar-refractivity contribution in [2.24, 2.45) is 5.16 Å². The number of nitrogens with zero attached hydrogens (tertiary/aromatic N) is 2. The van der Waals surface area contributed by atoms with Crippen LogP contribution in [0.1, 0.15) is 19.4 Å². The Hall–Kier alpha value is -2.57. The van der Waals surface area contributed by atoms with Gasteiger partial charge in [-0.1, -0.05) is 5.16 Å². The average Bonchev–Trinajstić information content (AvgIpc) is 2.58. The third kappa shape index (κ3) is 2.22. The fraction of sp³-hybridized carbons (Fsp3) is 0.167. The lowest BCUT2D eigenvalue weighted by Gasteiger charge is -2.11. The molecule has 0 saturated heterocycles. The van der Waals surface area contributed by atoms with E-state index in [-0.39, 0.29) is 17.0 Å². The maximum Gasteiger partial charge on any atom is 0.332 e. The molecule has 0 aromatic heterocycles. The highest BCUT2D eigenvalue weighted by molar-refractivity contribution is 6.57. The molecule has 0 spiro atoms. The molecule has 0 atom stereocenters. The molecule has 1 aromatic rings. The summed E-state index contributed by atoms with van der Waals surface area (Å²) in [5.41, 5.74) is 0.0474. The fourth-order valence-corrected chi connectivity index (χ4v) is 1.73.